The lowest BCUT2D eigenvalue weighted by atomic mass is 10.1. The highest BCUT2D eigenvalue weighted by molar-refractivity contribution is 5.96. The fourth-order valence-electron chi connectivity index (χ4n) is 3.35. The molecule has 1 amide bonds. The van der Waals surface area contributed by atoms with E-state index >= 15 is 0 Å². The van der Waals surface area contributed by atoms with Crippen LogP contribution in [-0.4, -0.2) is 37.7 Å². The number of imidazole rings is 1. The highest BCUT2D eigenvalue weighted by Gasteiger charge is 2.34. The van der Waals surface area contributed by atoms with Gasteiger partial charge >= 0.3 is 0 Å². The number of nitrogens with one attached hydrogen (secondary N) is 1. The number of pyridine rings is 1. The Kier molecular flexibility index (Phi) is 3.78. The molecule has 124 valence electrons. The topological polar surface area (TPSA) is 93.2 Å². The standard InChI is InChI=1S/C17H18N4O3/c22-14-6-11(9-21-4-3-19-10-21)5-13(14)20-17(23)16-7-12-8-18-2-1-15(12)24-16/h1-4,7-8,10-11,13-14,22H,5-6,9H2,(H,20,23)/t11?,13-,14-/m1/s1. The van der Waals surface area contributed by atoms with E-state index in [4.69, 9.17) is 4.42 Å². The second-order valence-electron chi connectivity index (χ2n) is 6.27. The zero-order valence-corrected chi connectivity index (χ0v) is 13.0. The fourth-order valence-corrected chi connectivity index (χ4v) is 3.35. The summed E-state index contributed by atoms with van der Waals surface area (Å²) in [6.45, 7) is 0.791. The second-order valence-corrected chi connectivity index (χ2v) is 6.27. The van der Waals surface area contributed by atoms with Crippen molar-refractivity contribution < 1.29 is 14.3 Å². The van der Waals surface area contributed by atoms with Gasteiger partial charge in [-0.2, -0.15) is 0 Å². The van der Waals surface area contributed by atoms with E-state index in [0.717, 1.165) is 18.4 Å². The molecule has 7 nitrogen and oxygen atoms in total. The maximum absolute atomic E-state index is 12.4. The Morgan fingerprint density at radius 3 is 3.08 bits per heavy atom. The van der Waals surface area contributed by atoms with Gasteiger partial charge in [0.2, 0.25) is 0 Å². The molecule has 1 aliphatic carbocycles. The van der Waals surface area contributed by atoms with E-state index in [1.165, 1.54) is 0 Å². The van der Waals surface area contributed by atoms with Gasteiger partial charge in [0.05, 0.1) is 18.5 Å². The minimum atomic E-state index is -0.548. The fraction of sp³-hybridized carbons (Fsp3) is 0.353. The summed E-state index contributed by atoms with van der Waals surface area (Å²) < 4.78 is 7.54. The van der Waals surface area contributed by atoms with Crippen molar-refractivity contribution in [3.63, 3.8) is 0 Å². The van der Waals surface area contributed by atoms with E-state index in [9.17, 15) is 9.90 Å². The van der Waals surface area contributed by atoms with Gasteiger partial charge in [-0.05, 0) is 30.9 Å². The van der Waals surface area contributed by atoms with Crippen molar-refractivity contribution in [2.24, 2.45) is 5.92 Å². The van der Waals surface area contributed by atoms with Gasteiger partial charge in [0, 0.05) is 36.7 Å². The third-order valence-corrected chi connectivity index (χ3v) is 4.51. The second kappa shape index (κ2) is 6.09. The number of aromatic nitrogens is 3. The number of amides is 1. The van der Waals surface area contributed by atoms with Gasteiger partial charge in [-0.15, -0.1) is 0 Å². The van der Waals surface area contributed by atoms with E-state index in [1.807, 2.05) is 10.8 Å². The molecule has 1 aliphatic rings. The number of aliphatic hydroxyl groups is 1. The highest BCUT2D eigenvalue weighted by atomic mass is 16.3. The van der Waals surface area contributed by atoms with Gasteiger partial charge in [-0.1, -0.05) is 0 Å². The minimum absolute atomic E-state index is 0.239. The number of aliphatic hydroxyl groups excluding tert-OH is 1. The summed E-state index contributed by atoms with van der Waals surface area (Å²) in [5, 5.41) is 13.9. The smallest absolute Gasteiger partial charge is 0.287 e. The molecule has 1 unspecified atom stereocenters. The van der Waals surface area contributed by atoms with Crippen LogP contribution in [0.25, 0.3) is 11.0 Å². The molecule has 1 fully saturated rings. The molecule has 2 N–H and O–H groups in total. The van der Waals surface area contributed by atoms with Crippen LogP contribution in [-0.2, 0) is 6.54 Å². The summed E-state index contributed by atoms with van der Waals surface area (Å²) >= 11 is 0. The van der Waals surface area contributed by atoms with Crippen molar-refractivity contribution in [2.75, 3.05) is 0 Å². The lowest BCUT2D eigenvalue weighted by Gasteiger charge is -2.15. The van der Waals surface area contributed by atoms with E-state index in [2.05, 4.69) is 15.3 Å². The first-order valence-electron chi connectivity index (χ1n) is 7.97. The first-order chi connectivity index (χ1) is 11.7. The van der Waals surface area contributed by atoms with Gasteiger partial charge in [-0.3, -0.25) is 9.78 Å². The first kappa shape index (κ1) is 14.9. The maximum Gasteiger partial charge on any atom is 0.287 e. The molecule has 0 saturated heterocycles. The Labute approximate surface area is 138 Å². The van der Waals surface area contributed by atoms with E-state index in [-0.39, 0.29) is 17.7 Å². The predicted molar refractivity (Wildman–Crippen MR) is 86.2 cm³/mol. The molecular formula is C17H18N4O3. The van der Waals surface area contributed by atoms with Crippen molar-refractivity contribution in [3.8, 4) is 0 Å². The molecule has 24 heavy (non-hydrogen) atoms. The first-order valence-corrected chi connectivity index (χ1v) is 7.97. The Morgan fingerprint density at radius 1 is 1.38 bits per heavy atom. The van der Waals surface area contributed by atoms with Crippen LogP contribution in [0, 0.1) is 5.92 Å². The van der Waals surface area contributed by atoms with E-state index in [1.54, 1.807) is 37.1 Å². The molecule has 4 rings (SSSR count). The van der Waals surface area contributed by atoms with Crippen LogP contribution in [0.2, 0.25) is 0 Å². The van der Waals surface area contributed by atoms with Crippen LogP contribution in [0.4, 0.5) is 0 Å². The number of fused-ring (bicyclic) bond motifs is 1. The van der Waals surface area contributed by atoms with Crippen molar-refractivity contribution in [3.05, 3.63) is 49.0 Å². The number of furan rings is 1. The number of rotatable bonds is 4. The summed E-state index contributed by atoms with van der Waals surface area (Å²) in [4.78, 5) is 20.4. The van der Waals surface area contributed by atoms with Crippen LogP contribution in [0.1, 0.15) is 23.4 Å². The number of hydrogen-bond acceptors (Lipinski definition) is 5. The lowest BCUT2D eigenvalue weighted by Crippen LogP contribution is -2.39. The largest absolute Gasteiger partial charge is 0.451 e. The summed E-state index contributed by atoms with van der Waals surface area (Å²) in [5.74, 6) is 0.237. The van der Waals surface area contributed by atoms with E-state index in [0.29, 0.717) is 17.9 Å². The number of carbonyl (C=O) groups is 1. The summed E-state index contributed by atoms with van der Waals surface area (Å²) in [7, 11) is 0. The normalized spacial score (nSPS) is 23.6. The lowest BCUT2D eigenvalue weighted by molar-refractivity contribution is 0.0848. The Balaban J connectivity index is 1.41. The third kappa shape index (κ3) is 2.90. The van der Waals surface area contributed by atoms with Crippen molar-refractivity contribution in [1.82, 2.24) is 19.9 Å². The predicted octanol–water partition coefficient (Wildman–Crippen LogP) is 1.59. The van der Waals surface area contributed by atoms with Crippen LogP contribution in [0.15, 0.2) is 47.7 Å². The molecule has 0 aromatic carbocycles. The molecule has 7 heteroatoms. The average molecular weight is 326 g/mol. The summed E-state index contributed by atoms with van der Waals surface area (Å²) in [5.41, 5.74) is 0.625. The van der Waals surface area contributed by atoms with Crippen molar-refractivity contribution in [1.29, 1.82) is 0 Å². The Hall–Kier alpha value is -2.67. The quantitative estimate of drug-likeness (QED) is 0.759. The Bertz CT molecular complexity index is 810. The molecule has 0 aliphatic heterocycles. The molecule has 0 spiro atoms. The van der Waals surface area contributed by atoms with E-state index < -0.39 is 6.10 Å². The average Bonchev–Trinajstić information content (AvgIpc) is 3.28. The monoisotopic (exact) mass is 326 g/mol. The molecule has 3 aromatic rings. The third-order valence-electron chi connectivity index (χ3n) is 4.51. The van der Waals surface area contributed by atoms with Crippen molar-refractivity contribution in [2.45, 2.75) is 31.5 Å². The number of nitrogens with zero attached hydrogens (tertiary/aromatic N) is 3. The molecule has 0 bridgehead atoms. The van der Waals surface area contributed by atoms with Crippen LogP contribution in [0.3, 0.4) is 0 Å². The molecule has 0 radical (unpaired) electrons. The summed E-state index contributed by atoms with van der Waals surface area (Å²) in [6.07, 6.45) is 9.52. The molecule has 3 heterocycles. The molecular weight excluding hydrogens is 308 g/mol. The van der Waals surface area contributed by atoms with Gasteiger partial charge in [0.1, 0.15) is 5.58 Å². The van der Waals surface area contributed by atoms with Crippen LogP contribution in [0.5, 0.6) is 0 Å². The number of carbonyl (C=O) groups excluding carboxylic acids is 1. The van der Waals surface area contributed by atoms with Gasteiger partial charge in [0.25, 0.3) is 5.91 Å². The zero-order valence-electron chi connectivity index (χ0n) is 13.0. The van der Waals surface area contributed by atoms with Crippen molar-refractivity contribution >= 4 is 16.9 Å². The SMILES string of the molecule is O=C(N[C@@H]1CC(Cn2ccnc2)C[C@H]1O)c1cc2cnccc2o1. The van der Waals surface area contributed by atoms with Gasteiger partial charge in [0.15, 0.2) is 5.76 Å². The van der Waals surface area contributed by atoms with Gasteiger partial charge < -0.3 is 19.4 Å². The van der Waals surface area contributed by atoms with Crippen LogP contribution < -0.4 is 5.32 Å². The molecule has 1 saturated carbocycles. The number of hydrogen-bond donors (Lipinski definition) is 2. The summed E-state index contributed by atoms with van der Waals surface area (Å²) in [6, 6.07) is 3.12. The Morgan fingerprint density at radius 2 is 2.29 bits per heavy atom. The molecule has 3 atom stereocenters. The highest BCUT2D eigenvalue weighted by Crippen LogP contribution is 2.28. The maximum atomic E-state index is 12.4. The zero-order chi connectivity index (χ0) is 16.5. The minimum Gasteiger partial charge on any atom is -0.451 e. The van der Waals surface area contributed by atoms with Crippen LogP contribution >= 0.6 is 0 Å². The molecule has 3 aromatic heterocycles. The van der Waals surface area contributed by atoms with Gasteiger partial charge in [-0.25, -0.2) is 4.98 Å².